The molecule has 0 aromatic rings. The Morgan fingerprint density at radius 1 is 0.458 bits per heavy atom. The standard InChI is InChI=1S/C42H78N4O13/c1-38(2,3)55-33(48)24-43-16-18-44(25-34(49)56-39(4,5)6)20-22-46(23-21-45(19-17-43)26-35(50)57-40(7,8)9)31(27-47)32(54-30-37(52)59-42(13,14)15)28-53-29-36(51)58-41(10,11)12/h31-32,47H,16-30H2,1-15H3/t31-,32-/m1/s1. The number of rotatable bonds is 16. The fourth-order valence-electron chi connectivity index (χ4n) is 5.94. The summed E-state index contributed by atoms with van der Waals surface area (Å²) in [6.07, 6.45) is -0.939. The van der Waals surface area contributed by atoms with E-state index in [0.29, 0.717) is 52.4 Å². The van der Waals surface area contributed by atoms with E-state index in [-0.39, 0.29) is 26.2 Å². The van der Waals surface area contributed by atoms with Crippen LogP contribution in [0.25, 0.3) is 0 Å². The molecule has 0 aromatic carbocycles. The minimum absolute atomic E-state index is 0.00347. The average molecular weight is 847 g/mol. The van der Waals surface area contributed by atoms with Crippen molar-refractivity contribution in [2.75, 3.05) is 98.4 Å². The molecule has 344 valence electrons. The highest BCUT2D eigenvalue weighted by Crippen LogP contribution is 2.16. The summed E-state index contributed by atoms with van der Waals surface area (Å²) in [5.74, 6) is -2.46. The van der Waals surface area contributed by atoms with Crippen molar-refractivity contribution in [3.8, 4) is 0 Å². The number of aliphatic hydroxyl groups is 1. The van der Waals surface area contributed by atoms with Gasteiger partial charge in [0, 0.05) is 52.4 Å². The highest BCUT2D eigenvalue weighted by molar-refractivity contribution is 5.73. The molecule has 0 bridgehead atoms. The fraction of sp³-hybridized carbons (Fsp3) is 0.881. The molecular weight excluding hydrogens is 768 g/mol. The third kappa shape index (κ3) is 27.5. The molecule has 1 saturated heterocycles. The van der Waals surface area contributed by atoms with Crippen LogP contribution in [-0.4, -0.2) is 193 Å². The Morgan fingerprint density at radius 2 is 0.746 bits per heavy atom. The van der Waals surface area contributed by atoms with Crippen LogP contribution < -0.4 is 0 Å². The number of hydrogen-bond donors (Lipinski definition) is 1. The molecule has 0 spiro atoms. The molecule has 0 radical (unpaired) electrons. The van der Waals surface area contributed by atoms with Gasteiger partial charge in [0.1, 0.15) is 41.2 Å². The molecular formula is C42H78N4O13. The van der Waals surface area contributed by atoms with E-state index >= 15 is 0 Å². The Labute approximate surface area is 353 Å². The third-order valence-corrected chi connectivity index (χ3v) is 8.03. The number of aliphatic hydroxyl groups excluding tert-OH is 1. The predicted octanol–water partition coefficient (Wildman–Crippen LogP) is 2.68. The first-order valence-electron chi connectivity index (χ1n) is 20.6. The van der Waals surface area contributed by atoms with Gasteiger partial charge in [-0.25, -0.2) is 9.59 Å². The van der Waals surface area contributed by atoms with Crippen molar-refractivity contribution in [3.63, 3.8) is 0 Å². The summed E-state index contributed by atoms with van der Waals surface area (Å²) in [7, 11) is 0. The normalized spacial score (nSPS) is 17.8. The zero-order valence-corrected chi connectivity index (χ0v) is 38.9. The second kappa shape index (κ2) is 23.9. The van der Waals surface area contributed by atoms with Crippen LogP contribution in [-0.2, 0) is 57.1 Å². The number of esters is 5. The van der Waals surface area contributed by atoms with E-state index in [0.717, 1.165) is 0 Å². The lowest BCUT2D eigenvalue weighted by Crippen LogP contribution is -2.55. The quantitative estimate of drug-likeness (QED) is 0.177. The highest BCUT2D eigenvalue weighted by Gasteiger charge is 2.33. The maximum absolute atomic E-state index is 13.2. The van der Waals surface area contributed by atoms with Crippen LogP contribution >= 0.6 is 0 Å². The Balaban J connectivity index is 3.61. The van der Waals surface area contributed by atoms with Gasteiger partial charge in [0.25, 0.3) is 0 Å². The SMILES string of the molecule is CC(C)(C)OC(=O)COC[C@@H](OCC(=O)OC(C)(C)C)[C@@H](CO)N1CCN(CC(=O)OC(C)(C)C)CCN(CC(=O)OC(C)(C)C)CCN(CC(=O)OC(C)(C)C)CC1. The van der Waals surface area contributed by atoms with Crippen molar-refractivity contribution in [3.05, 3.63) is 0 Å². The predicted molar refractivity (Wildman–Crippen MR) is 222 cm³/mol. The van der Waals surface area contributed by atoms with Crippen molar-refractivity contribution in [2.45, 2.75) is 144 Å². The molecule has 1 aliphatic rings. The van der Waals surface area contributed by atoms with Crippen molar-refractivity contribution in [2.24, 2.45) is 0 Å². The summed E-state index contributed by atoms with van der Waals surface area (Å²) in [6.45, 7) is 27.8. The van der Waals surface area contributed by atoms with Gasteiger partial charge in [-0.05, 0) is 104 Å². The molecule has 2 atom stereocenters. The number of carbonyl (C=O) groups is 5. The van der Waals surface area contributed by atoms with Gasteiger partial charge in [-0.15, -0.1) is 0 Å². The fourth-order valence-corrected chi connectivity index (χ4v) is 5.94. The zero-order chi connectivity index (χ0) is 45.4. The molecule has 1 rings (SSSR count). The second-order valence-electron chi connectivity index (χ2n) is 19.9. The summed E-state index contributed by atoms with van der Waals surface area (Å²) in [5, 5.41) is 11.0. The van der Waals surface area contributed by atoms with E-state index < -0.39 is 89.8 Å². The van der Waals surface area contributed by atoms with Gasteiger partial charge < -0.3 is 38.3 Å². The summed E-state index contributed by atoms with van der Waals surface area (Å²) < 4.78 is 39.7. The molecule has 1 fully saturated rings. The van der Waals surface area contributed by atoms with Crippen molar-refractivity contribution < 1.29 is 62.2 Å². The van der Waals surface area contributed by atoms with Gasteiger partial charge >= 0.3 is 29.8 Å². The Bertz CT molecular complexity index is 1280. The van der Waals surface area contributed by atoms with Crippen LogP contribution in [0.4, 0.5) is 0 Å². The lowest BCUT2D eigenvalue weighted by atomic mass is 10.1. The van der Waals surface area contributed by atoms with Crippen LogP contribution in [0.3, 0.4) is 0 Å². The van der Waals surface area contributed by atoms with E-state index in [4.69, 9.17) is 33.2 Å². The van der Waals surface area contributed by atoms with Gasteiger partial charge in [0.15, 0.2) is 0 Å². The molecule has 1 aliphatic heterocycles. The number of ether oxygens (including phenoxy) is 7. The third-order valence-electron chi connectivity index (χ3n) is 8.03. The first kappa shape index (κ1) is 54.1. The van der Waals surface area contributed by atoms with E-state index in [2.05, 4.69) is 0 Å². The number of nitrogens with zero attached hydrogens (tertiary/aromatic N) is 4. The first-order valence-corrected chi connectivity index (χ1v) is 20.6. The van der Waals surface area contributed by atoms with E-state index in [1.165, 1.54) is 0 Å². The summed E-state index contributed by atoms with van der Waals surface area (Å²) in [5.41, 5.74) is -3.61. The van der Waals surface area contributed by atoms with Gasteiger partial charge in [-0.3, -0.25) is 34.0 Å². The molecule has 1 N–H and O–H groups in total. The minimum Gasteiger partial charge on any atom is -0.459 e. The van der Waals surface area contributed by atoms with Crippen LogP contribution in [0.5, 0.6) is 0 Å². The maximum atomic E-state index is 13.2. The van der Waals surface area contributed by atoms with E-state index in [9.17, 15) is 29.1 Å². The topological polar surface area (TPSA) is 183 Å². The molecule has 59 heavy (non-hydrogen) atoms. The lowest BCUT2D eigenvalue weighted by Gasteiger charge is -2.39. The zero-order valence-electron chi connectivity index (χ0n) is 38.9. The van der Waals surface area contributed by atoms with Crippen LogP contribution in [0.2, 0.25) is 0 Å². The largest absolute Gasteiger partial charge is 0.459 e. The lowest BCUT2D eigenvalue weighted by molar-refractivity contribution is -0.170. The van der Waals surface area contributed by atoms with Gasteiger partial charge in [0.05, 0.1) is 45.0 Å². The second-order valence-corrected chi connectivity index (χ2v) is 19.9. The van der Waals surface area contributed by atoms with Gasteiger partial charge in [-0.1, -0.05) is 0 Å². The van der Waals surface area contributed by atoms with E-state index in [1.807, 2.05) is 19.6 Å². The minimum atomic E-state index is -0.939. The molecule has 0 saturated carbocycles. The van der Waals surface area contributed by atoms with Crippen molar-refractivity contribution >= 4 is 29.8 Å². The number of hydrogen-bond acceptors (Lipinski definition) is 17. The molecule has 0 unspecified atom stereocenters. The van der Waals surface area contributed by atoms with Crippen LogP contribution in [0, 0.1) is 0 Å². The van der Waals surface area contributed by atoms with Crippen molar-refractivity contribution in [1.82, 2.24) is 19.6 Å². The summed E-state index contributed by atoms with van der Waals surface area (Å²) in [6, 6.07) is -0.783. The Morgan fingerprint density at radius 3 is 1.05 bits per heavy atom. The number of carbonyl (C=O) groups excluding carboxylic acids is 5. The van der Waals surface area contributed by atoms with Crippen molar-refractivity contribution in [1.29, 1.82) is 0 Å². The first-order chi connectivity index (χ1) is 26.8. The molecule has 17 nitrogen and oxygen atoms in total. The Hall–Kier alpha value is -2.93. The highest BCUT2D eigenvalue weighted by atomic mass is 16.6. The monoisotopic (exact) mass is 847 g/mol. The average Bonchev–Trinajstić information content (AvgIpc) is 3.00. The molecule has 1 heterocycles. The summed E-state index contributed by atoms with van der Waals surface area (Å²) >= 11 is 0. The van der Waals surface area contributed by atoms with Gasteiger partial charge in [-0.2, -0.15) is 0 Å². The van der Waals surface area contributed by atoms with Gasteiger partial charge in [0.2, 0.25) is 0 Å². The Kier molecular flexibility index (Phi) is 21.9. The molecule has 17 heteroatoms. The van der Waals surface area contributed by atoms with E-state index in [1.54, 1.807) is 104 Å². The molecule has 0 aromatic heterocycles. The van der Waals surface area contributed by atoms with Crippen LogP contribution in [0.1, 0.15) is 104 Å². The smallest absolute Gasteiger partial charge is 0.332 e. The van der Waals surface area contributed by atoms with Crippen LogP contribution in [0.15, 0.2) is 0 Å². The molecule has 0 aliphatic carbocycles. The summed E-state index contributed by atoms with van der Waals surface area (Å²) in [4.78, 5) is 72.5. The maximum Gasteiger partial charge on any atom is 0.332 e. The molecule has 0 amide bonds.